The minimum atomic E-state index is -4.04. The zero-order valence-electron chi connectivity index (χ0n) is 19.0. The third-order valence-electron chi connectivity index (χ3n) is 5.35. The number of ether oxygens (including phenoxy) is 3. The average molecular weight is 478 g/mol. The van der Waals surface area contributed by atoms with Crippen LogP contribution in [0.5, 0.6) is 11.5 Å². The van der Waals surface area contributed by atoms with Crippen molar-refractivity contribution in [1.82, 2.24) is 10.2 Å². The fourth-order valence-corrected chi connectivity index (χ4v) is 5.00. The summed E-state index contributed by atoms with van der Waals surface area (Å²) in [6.45, 7) is 4.11. The second-order valence-electron chi connectivity index (χ2n) is 7.52. The predicted molar refractivity (Wildman–Crippen MR) is 125 cm³/mol. The smallest absolute Gasteiger partial charge is 0.264 e. The second-order valence-corrected chi connectivity index (χ2v) is 9.38. The highest BCUT2D eigenvalue weighted by Gasteiger charge is 2.29. The molecule has 1 N–H and O–H groups in total. The Bertz CT molecular complexity index is 1010. The van der Waals surface area contributed by atoms with Crippen molar-refractivity contribution in [2.24, 2.45) is 0 Å². The first-order chi connectivity index (χ1) is 16.0. The number of sulfonamides is 1. The van der Waals surface area contributed by atoms with Crippen LogP contribution >= 0.6 is 0 Å². The summed E-state index contributed by atoms with van der Waals surface area (Å²) in [5.41, 5.74) is 0.226. The van der Waals surface area contributed by atoms with Crippen molar-refractivity contribution >= 4 is 21.6 Å². The topological polar surface area (TPSA) is 97.4 Å². The van der Waals surface area contributed by atoms with Crippen LogP contribution in [0.15, 0.2) is 53.4 Å². The molecule has 1 fully saturated rings. The van der Waals surface area contributed by atoms with Crippen molar-refractivity contribution in [3.8, 4) is 11.5 Å². The van der Waals surface area contributed by atoms with E-state index < -0.39 is 22.5 Å². The normalized spacial score (nSPS) is 14.5. The number of nitrogens with zero attached hydrogens (tertiary/aromatic N) is 2. The Kier molecular flexibility index (Phi) is 8.93. The lowest BCUT2D eigenvalue weighted by molar-refractivity contribution is -0.119. The molecule has 0 aliphatic carbocycles. The Morgan fingerprint density at radius 3 is 2.48 bits per heavy atom. The van der Waals surface area contributed by atoms with Crippen LogP contribution in [0.3, 0.4) is 0 Å². The third-order valence-corrected chi connectivity index (χ3v) is 7.12. The monoisotopic (exact) mass is 477 g/mol. The summed E-state index contributed by atoms with van der Waals surface area (Å²) in [7, 11) is -1.10. The van der Waals surface area contributed by atoms with Crippen molar-refractivity contribution in [1.29, 1.82) is 0 Å². The Hall–Kier alpha value is -2.82. The molecule has 0 bridgehead atoms. The van der Waals surface area contributed by atoms with Gasteiger partial charge in [0.2, 0.25) is 5.91 Å². The summed E-state index contributed by atoms with van der Waals surface area (Å²) in [6, 6.07) is 12.8. The molecule has 2 aromatic rings. The van der Waals surface area contributed by atoms with Crippen molar-refractivity contribution in [3.05, 3.63) is 48.5 Å². The molecule has 0 saturated carbocycles. The number of nitrogens with one attached hydrogen (secondary N) is 1. The van der Waals surface area contributed by atoms with Gasteiger partial charge >= 0.3 is 0 Å². The number of carbonyl (C=O) groups is 1. The first-order valence-electron chi connectivity index (χ1n) is 10.8. The number of morpholine rings is 1. The maximum absolute atomic E-state index is 13.5. The summed E-state index contributed by atoms with van der Waals surface area (Å²) >= 11 is 0. The molecule has 1 amide bonds. The number of benzene rings is 2. The molecule has 1 aliphatic heterocycles. The molecule has 1 aliphatic rings. The highest BCUT2D eigenvalue weighted by atomic mass is 32.2. The Morgan fingerprint density at radius 2 is 1.82 bits per heavy atom. The zero-order chi connectivity index (χ0) is 23.7. The molecule has 1 saturated heterocycles. The highest BCUT2D eigenvalue weighted by Crippen LogP contribution is 2.35. The van der Waals surface area contributed by atoms with E-state index in [0.29, 0.717) is 18.0 Å². The fourth-order valence-electron chi connectivity index (χ4n) is 3.55. The molecule has 0 radical (unpaired) electrons. The number of rotatable bonds is 11. The third kappa shape index (κ3) is 6.59. The maximum atomic E-state index is 13.5. The molecule has 180 valence electrons. The van der Waals surface area contributed by atoms with Gasteiger partial charge in [-0.15, -0.1) is 0 Å². The van der Waals surface area contributed by atoms with Crippen molar-refractivity contribution < 1.29 is 27.4 Å². The van der Waals surface area contributed by atoms with Crippen LogP contribution in [0.2, 0.25) is 0 Å². The van der Waals surface area contributed by atoms with Crippen molar-refractivity contribution in [2.75, 3.05) is 64.5 Å². The van der Waals surface area contributed by atoms with Crippen LogP contribution in [-0.4, -0.2) is 79.4 Å². The fraction of sp³-hybridized carbons (Fsp3) is 0.435. The number of carbonyl (C=O) groups excluding carboxylic acids is 1. The molecule has 10 heteroatoms. The minimum Gasteiger partial charge on any atom is -0.497 e. The lowest BCUT2D eigenvalue weighted by Crippen LogP contribution is -2.42. The number of hydrogen-bond acceptors (Lipinski definition) is 7. The van der Waals surface area contributed by atoms with Gasteiger partial charge in [-0.3, -0.25) is 14.0 Å². The summed E-state index contributed by atoms with van der Waals surface area (Å²) in [5.74, 6) is 0.363. The standard InChI is InChI=1S/C23H31N3O6S/c1-30-19-9-10-22(31-2)21(17-19)26(33(28,29)20-7-4-3-5-8-20)18-23(27)24-11-6-12-25-13-15-32-16-14-25/h3-5,7-10,17H,6,11-16,18H2,1-2H3,(H,24,27). The van der Waals surface area contributed by atoms with Gasteiger partial charge in [0.1, 0.15) is 18.0 Å². The summed E-state index contributed by atoms with van der Waals surface area (Å²) in [6.07, 6.45) is 0.764. The maximum Gasteiger partial charge on any atom is 0.264 e. The van der Waals surface area contributed by atoms with E-state index in [1.54, 1.807) is 36.4 Å². The van der Waals surface area contributed by atoms with Crippen LogP contribution in [-0.2, 0) is 19.6 Å². The van der Waals surface area contributed by atoms with E-state index >= 15 is 0 Å². The molecule has 2 aromatic carbocycles. The van der Waals surface area contributed by atoms with Gasteiger partial charge in [-0.2, -0.15) is 0 Å². The van der Waals surface area contributed by atoms with Gasteiger partial charge < -0.3 is 19.5 Å². The zero-order valence-corrected chi connectivity index (χ0v) is 19.8. The minimum absolute atomic E-state index is 0.0787. The molecule has 0 atom stereocenters. The molecule has 0 aromatic heterocycles. The molecular weight excluding hydrogens is 446 g/mol. The Morgan fingerprint density at radius 1 is 1.09 bits per heavy atom. The van der Waals surface area contributed by atoms with Gasteiger partial charge in [0.05, 0.1) is 38.0 Å². The Labute approximate surface area is 195 Å². The largest absolute Gasteiger partial charge is 0.497 e. The molecule has 0 spiro atoms. The molecule has 3 rings (SSSR count). The highest BCUT2D eigenvalue weighted by molar-refractivity contribution is 7.92. The Balaban J connectivity index is 1.77. The van der Waals surface area contributed by atoms with Gasteiger partial charge in [-0.05, 0) is 37.2 Å². The number of amides is 1. The first-order valence-corrected chi connectivity index (χ1v) is 12.3. The number of anilines is 1. The van der Waals surface area contributed by atoms with E-state index in [9.17, 15) is 13.2 Å². The number of hydrogen-bond donors (Lipinski definition) is 1. The van der Waals surface area contributed by atoms with E-state index in [1.165, 1.54) is 26.4 Å². The van der Waals surface area contributed by atoms with Gasteiger partial charge in [0.25, 0.3) is 10.0 Å². The van der Waals surface area contributed by atoms with E-state index in [1.807, 2.05) is 0 Å². The van der Waals surface area contributed by atoms with E-state index in [0.717, 1.165) is 43.6 Å². The SMILES string of the molecule is COc1ccc(OC)c(N(CC(=O)NCCCN2CCOCC2)S(=O)(=O)c2ccccc2)c1. The lowest BCUT2D eigenvalue weighted by Gasteiger charge is -2.27. The summed E-state index contributed by atoms with van der Waals surface area (Å²) < 4.78 is 44.1. The van der Waals surface area contributed by atoms with Crippen LogP contribution in [0.4, 0.5) is 5.69 Å². The molecule has 1 heterocycles. The second kappa shape index (κ2) is 11.9. The first kappa shape index (κ1) is 24.8. The summed E-state index contributed by atoms with van der Waals surface area (Å²) in [4.78, 5) is 15.1. The van der Waals surface area contributed by atoms with Gasteiger partial charge in [0.15, 0.2) is 0 Å². The van der Waals surface area contributed by atoms with Gasteiger partial charge in [0, 0.05) is 25.7 Å². The number of methoxy groups -OCH3 is 2. The lowest BCUT2D eigenvalue weighted by atomic mass is 10.2. The molecule has 33 heavy (non-hydrogen) atoms. The van der Waals surface area contributed by atoms with Crippen LogP contribution in [0.1, 0.15) is 6.42 Å². The van der Waals surface area contributed by atoms with Crippen LogP contribution in [0.25, 0.3) is 0 Å². The van der Waals surface area contributed by atoms with Crippen LogP contribution < -0.4 is 19.1 Å². The van der Waals surface area contributed by atoms with E-state index in [4.69, 9.17) is 14.2 Å². The molecule has 9 nitrogen and oxygen atoms in total. The van der Waals surface area contributed by atoms with Gasteiger partial charge in [-0.25, -0.2) is 8.42 Å². The quantitative estimate of drug-likeness (QED) is 0.493. The molecule has 0 unspecified atom stereocenters. The van der Waals surface area contributed by atoms with Crippen molar-refractivity contribution in [2.45, 2.75) is 11.3 Å². The van der Waals surface area contributed by atoms with E-state index in [-0.39, 0.29) is 10.6 Å². The molecular formula is C23H31N3O6S. The summed E-state index contributed by atoms with van der Waals surface area (Å²) in [5, 5.41) is 2.84. The van der Waals surface area contributed by atoms with Gasteiger partial charge in [-0.1, -0.05) is 18.2 Å². The average Bonchev–Trinajstić information content (AvgIpc) is 2.86. The van der Waals surface area contributed by atoms with E-state index in [2.05, 4.69) is 10.2 Å². The predicted octanol–water partition coefficient (Wildman–Crippen LogP) is 1.74. The van der Waals surface area contributed by atoms with Crippen LogP contribution in [0, 0.1) is 0 Å². The van der Waals surface area contributed by atoms with Crippen molar-refractivity contribution in [3.63, 3.8) is 0 Å².